The summed E-state index contributed by atoms with van der Waals surface area (Å²) in [5.41, 5.74) is -1.87. The van der Waals surface area contributed by atoms with Crippen molar-refractivity contribution in [2.24, 2.45) is 5.92 Å². The van der Waals surface area contributed by atoms with Crippen molar-refractivity contribution in [2.75, 3.05) is 17.3 Å². The van der Waals surface area contributed by atoms with Crippen LogP contribution in [0, 0.1) is 11.7 Å². The van der Waals surface area contributed by atoms with Crippen LogP contribution >= 0.6 is 46.6 Å². The Balaban J connectivity index is 1.76. The number of hydrogen-bond acceptors (Lipinski definition) is 4. The predicted molar refractivity (Wildman–Crippen MR) is 158 cm³/mol. The molecule has 43 heavy (non-hydrogen) atoms. The first-order chi connectivity index (χ1) is 20.0. The highest BCUT2D eigenvalue weighted by Crippen LogP contribution is 2.65. The third kappa shape index (κ3) is 8.31. The minimum Gasteiger partial charge on any atom is -0.326 e. The van der Waals surface area contributed by atoms with Crippen LogP contribution in [-0.4, -0.2) is 34.1 Å². The third-order valence-corrected chi connectivity index (χ3v) is 8.01. The molecule has 0 heterocycles. The van der Waals surface area contributed by atoms with E-state index in [1.807, 2.05) is 0 Å². The van der Waals surface area contributed by atoms with E-state index in [2.05, 4.69) is 22.5 Å². The van der Waals surface area contributed by atoms with Crippen LogP contribution in [0.1, 0.15) is 34.3 Å². The molecule has 0 aliphatic heterocycles. The van der Waals surface area contributed by atoms with E-state index < -0.39 is 51.4 Å². The first-order valence-electron chi connectivity index (χ1n) is 12.2. The highest BCUT2D eigenvalue weighted by Gasteiger charge is 2.67. The van der Waals surface area contributed by atoms with Crippen molar-refractivity contribution in [1.29, 1.82) is 0 Å². The van der Waals surface area contributed by atoms with Crippen LogP contribution in [0.3, 0.4) is 0 Å². The molecule has 15 heteroatoms. The molecular formula is C28H23Cl3F5N3O3S. The van der Waals surface area contributed by atoms with Crippen LogP contribution in [0.15, 0.2) is 72.4 Å². The van der Waals surface area contributed by atoms with Gasteiger partial charge in [0.1, 0.15) is 16.0 Å². The SMILES string of the molecule is C=C/C(=C\C(F)=C(/C)NC(=O)c1cc(NC(=O)[C@H]2[C@H](c3ccc(F)c(C(F)(F)F)c3)C2(Cl)Cl)ccc1Cl)NC(=O)CSC. The van der Waals surface area contributed by atoms with Gasteiger partial charge in [-0.3, -0.25) is 14.4 Å². The average Bonchev–Trinajstić information content (AvgIpc) is 3.50. The maximum absolute atomic E-state index is 14.7. The number of carbonyl (C=O) groups excluding carboxylic acids is 3. The summed E-state index contributed by atoms with van der Waals surface area (Å²) in [7, 11) is 0. The summed E-state index contributed by atoms with van der Waals surface area (Å²) < 4.78 is 66.2. The predicted octanol–water partition coefficient (Wildman–Crippen LogP) is 7.50. The lowest BCUT2D eigenvalue weighted by molar-refractivity contribution is -0.140. The maximum atomic E-state index is 14.7. The molecule has 0 radical (unpaired) electrons. The molecular weight excluding hydrogens is 660 g/mol. The van der Waals surface area contributed by atoms with Crippen LogP contribution in [0.4, 0.5) is 27.6 Å². The fourth-order valence-electron chi connectivity index (χ4n) is 4.03. The number of halogens is 8. The van der Waals surface area contributed by atoms with Crippen molar-refractivity contribution in [1.82, 2.24) is 10.6 Å². The van der Waals surface area contributed by atoms with Crippen molar-refractivity contribution < 1.29 is 36.3 Å². The van der Waals surface area contributed by atoms with Crippen LogP contribution in [0.2, 0.25) is 5.02 Å². The molecule has 1 fully saturated rings. The van der Waals surface area contributed by atoms with Gasteiger partial charge in [-0.05, 0) is 61.2 Å². The lowest BCUT2D eigenvalue weighted by Gasteiger charge is -2.11. The molecule has 2 atom stereocenters. The van der Waals surface area contributed by atoms with Gasteiger partial charge < -0.3 is 16.0 Å². The summed E-state index contributed by atoms with van der Waals surface area (Å²) in [6, 6.07) is 6.06. The lowest BCUT2D eigenvalue weighted by Crippen LogP contribution is -2.24. The summed E-state index contributed by atoms with van der Waals surface area (Å²) in [5.74, 6) is -6.52. The fourth-order valence-corrected chi connectivity index (χ4v) is 5.40. The summed E-state index contributed by atoms with van der Waals surface area (Å²) in [4.78, 5) is 37.6. The Labute approximate surface area is 262 Å². The highest BCUT2D eigenvalue weighted by atomic mass is 35.5. The summed E-state index contributed by atoms with van der Waals surface area (Å²) in [6.07, 6.45) is -1.06. The van der Waals surface area contributed by atoms with Crippen LogP contribution < -0.4 is 16.0 Å². The zero-order valence-corrected chi connectivity index (χ0v) is 25.4. The van der Waals surface area contributed by atoms with Gasteiger partial charge >= 0.3 is 6.18 Å². The van der Waals surface area contributed by atoms with Crippen LogP contribution in [0.5, 0.6) is 0 Å². The molecule has 6 nitrogen and oxygen atoms in total. The van der Waals surface area contributed by atoms with Gasteiger partial charge in [-0.2, -0.15) is 24.9 Å². The highest BCUT2D eigenvalue weighted by molar-refractivity contribution is 7.99. The molecule has 3 N–H and O–H groups in total. The largest absolute Gasteiger partial charge is 0.419 e. The van der Waals surface area contributed by atoms with Gasteiger partial charge in [0.2, 0.25) is 11.8 Å². The number of nitrogens with one attached hydrogen (secondary N) is 3. The monoisotopic (exact) mass is 681 g/mol. The Morgan fingerprint density at radius 1 is 1.12 bits per heavy atom. The Hall–Kier alpha value is -3.06. The van der Waals surface area contributed by atoms with Crippen molar-refractivity contribution in [3.63, 3.8) is 0 Å². The number of anilines is 1. The number of allylic oxidation sites excluding steroid dienone is 4. The molecule has 0 spiro atoms. The Morgan fingerprint density at radius 3 is 2.40 bits per heavy atom. The second kappa shape index (κ2) is 13.7. The van der Waals surface area contributed by atoms with Crippen molar-refractivity contribution in [2.45, 2.75) is 23.4 Å². The molecule has 0 saturated heterocycles. The van der Waals surface area contributed by atoms with E-state index in [0.29, 0.717) is 12.1 Å². The van der Waals surface area contributed by atoms with E-state index in [1.54, 1.807) is 6.26 Å². The number of amides is 3. The van der Waals surface area contributed by atoms with Crippen molar-refractivity contribution >= 4 is 70.0 Å². The van der Waals surface area contributed by atoms with Crippen LogP contribution in [-0.2, 0) is 15.8 Å². The summed E-state index contributed by atoms with van der Waals surface area (Å²) in [6.45, 7) is 4.77. The maximum Gasteiger partial charge on any atom is 0.419 e. The number of hydrogen-bond donors (Lipinski definition) is 3. The van der Waals surface area contributed by atoms with Gasteiger partial charge in [0.05, 0.1) is 33.5 Å². The molecule has 3 amide bonds. The smallest absolute Gasteiger partial charge is 0.326 e. The number of rotatable bonds is 10. The molecule has 1 aliphatic rings. The summed E-state index contributed by atoms with van der Waals surface area (Å²) >= 11 is 19.9. The van der Waals surface area contributed by atoms with Gasteiger partial charge in [0.25, 0.3) is 5.91 Å². The molecule has 1 saturated carbocycles. The van der Waals surface area contributed by atoms with E-state index in [0.717, 1.165) is 12.1 Å². The quantitative estimate of drug-likeness (QED) is 0.138. The van der Waals surface area contributed by atoms with Crippen LogP contribution in [0.25, 0.3) is 0 Å². The molecule has 3 rings (SSSR count). The molecule has 1 aliphatic carbocycles. The number of benzene rings is 2. The Morgan fingerprint density at radius 2 is 1.79 bits per heavy atom. The average molecular weight is 683 g/mol. The normalized spacial score (nSPS) is 18.3. The lowest BCUT2D eigenvalue weighted by atomic mass is 10.0. The topological polar surface area (TPSA) is 87.3 Å². The zero-order chi connectivity index (χ0) is 32.3. The molecule has 230 valence electrons. The van der Waals surface area contributed by atoms with Gasteiger partial charge in [0.15, 0.2) is 0 Å². The standard InChI is InChI=1S/C28H23Cl3F5N3O3S/c1-4-15(38-22(40)12-43-3)11-21(33)13(2)37-25(41)17-10-16(6-7-19(17)29)39-26(42)24-23(27(24,30)31)14-5-8-20(32)18(9-14)28(34,35)36/h4-11,23-24H,1,12H2,2-3H3,(H,37,41)(H,38,40)(H,39,42)/b15-11+,21-13-/t23-,24+/m0/s1. The molecule has 0 bridgehead atoms. The number of alkyl halides is 5. The Bertz CT molecular complexity index is 1530. The first-order valence-corrected chi connectivity index (χ1v) is 14.7. The second-order valence-corrected chi connectivity index (χ2v) is 12.0. The molecule has 2 aromatic carbocycles. The minimum atomic E-state index is -4.97. The van der Waals surface area contributed by atoms with E-state index in [9.17, 15) is 36.3 Å². The van der Waals surface area contributed by atoms with Gasteiger partial charge in [-0.25, -0.2) is 8.78 Å². The summed E-state index contributed by atoms with van der Waals surface area (Å²) in [5, 5.41) is 7.24. The first kappa shape index (κ1) is 34.4. The molecule has 0 unspecified atom stereocenters. The molecule has 2 aromatic rings. The van der Waals surface area contributed by atoms with E-state index in [1.165, 1.54) is 43.0 Å². The van der Waals surface area contributed by atoms with E-state index in [4.69, 9.17) is 34.8 Å². The minimum absolute atomic E-state index is 0.0466. The van der Waals surface area contributed by atoms with E-state index >= 15 is 0 Å². The fraction of sp³-hybridized carbons (Fsp3) is 0.250. The number of carbonyl (C=O) groups is 3. The van der Waals surface area contributed by atoms with E-state index in [-0.39, 0.29) is 44.9 Å². The molecule has 0 aromatic heterocycles. The second-order valence-electron chi connectivity index (χ2n) is 9.26. The number of thioether (sulfide) groups is 1. The zero-order valence-electron chi connectivity index (χ0n) is 22.3. The van der Waals surface area contributed by atoms with Crippen molar-refractivity contribution in [3.05, 3.63) is 99.9 Å². The van der Waals surface area contributed by atoms with Gasteiger partial charge in [0, 0.05) is 17.3 Å². The third-order valence-electron chi connectivity index (χ3n) is 6.19. The van der Waals surface area contributed by atoms with Crippen molar-refractivity contribution in [3.8, 4) is 0 Å². The van der Waals surface area contributed by atoms with Gasteiger partial charge in [-0.1, -0.05) is 24.2 Å². The Kier molecular flexibility index (Phi) is 11.0. The van der Waals surface area contributed by atoms with Gasteiger partial charge in [-0.15, -0.1) is 23.2 Å².